The summed E-state index contributed by atoms with van der Waals surface area (Å²) in [5, 5.41) is 0. The molecule has 1 aliphatic heterocycles. The van der Waals surface area contributed by atoms with Crippen LogP contribution in [0.25, 0.3) is 0 Å². The van der Waals surface area contributed by atoms with Gasteiger partial charge < -0.3 is 5.73 Å². The molecule has 0 unspecified atom stereocenters. The first-order chi connectivity index (χ1) is 7.74. The van der Waals surface area contributed by atoms with Crippen molar-refractivity contribution in [3.63, 3.8) is 0 Å². The Kier molecular flexibility index (Phi) is 3.51. The molecular weight excluding hydrogens is 200 g/mol. The van der Waals surface area contributed by atoms with Crippen molar-refractivity contribution in [2.24, 2.45) is 10.7 Å². The molecule has 1 aromatic rings. The fraction of sp³-hybridized carbons (Fsp3) is 0.500. The van der Waals surface area contributed by atoms with Gasteiger partial charge in [0.1, 0.15) is 5.84 Å². The summed E-state index contributed by atoms with van der Waals surface area (Å²) >= 11 is 0. The molecular formula is C12H18N4. The summed E-state index contributed by atoms with van der Waals surface area (Å²) in [5.41, 5.74) is 7.03. The molecule has 4 heteroatoms. The van der Waals surface area contributed by atoms with E-state index in [9.17, 15) is 0 Å². The summed E-state index contributed by atoms with van der Waals surface area (Å²) in [6, 6.07) is 3.89. The minimum atomic E-state index is 0.651. The van der Waals surface area contributed by atoms with Crippen molar-refractivity contribution < 1.29 is 0 Å². The fourth-order valence-corrected chi connectivity index (χ4v) is 1.88. The van der Waals surface area contributed by atoms with Crippen LogP contribution in [-0.4, -0.2) is 35.4 Å². The number of aromatic nitrogens is 1. The number of nitrogens with two attached hydrogens (primary N) is 1. The molecule has 2 N–H and O–H groups in total. The molecule has 0 atom stereocenters. The van der Waals surface area contributed by atoms with E-state index in [1.54, 1.807) is 0 Å². The van der Waals surface area contributed by atoms with E-state index >= 15 is 0 Å². The summed E-state index contributed by atoms with van der Waals surface area (Å²) in [7, 11) is 0. The minimum Gasteiger partial charge on any atom is -0.386 e. The van der Waals surface area contributed by atoms with E-state index in [0.717, 1.165) is 25.2 Å². The molecule has 2 heterocycles. The Morgan fingerprint density at radius 1 is 1.44 bits per heavy atom. The second-order valence-corrected chi connectivity index (χ2v) is 4.28. The van der Waals surface area contributed by atoms with Gasteiger partial charge in [0.15, 0.2) is 5.82 Å². The van der Waals surface area contributed by atoms with E-state index in [1.165, 1.54) is 12.8 Å². The van der Waals surface area contributed by atoms with Gasteiger partial charge >= 0.3 is 0 Å². The molecule has 1 aliphatic rings. The average molecular weight is 218 g/mol. The molecule has 86 valence electrons. The number of amidine groups is 1. The molecule has 0 spiro atoms. The fourth-order valence-electron chi connectivity index (χ4n) is 1.88. The zero-order valence-corrected chi connectivity index (χ0v) is 9.69. The Bertz CT molecular complexity index is 363. The lowest BCUT2D eigenvalue weighted by Gasteiger charge is -2.13. The van der Waals surface area contributed by atoms with Crippen LogP contribution in [-0.2, 0) is 0 Å². The van der Waals surface area contributed by atoms with Gasteiger partial charge in [-0.1, -0.05) is 6.07 Å². The Morgan fingerprint density at radius 3 is 2.81 bits per heavy atom. The first-order valence-electron chi connectivity index (χ1n) is 5.72. The summed E-state index contributed by atoms with van der Waals surface area (Å²) < 4.78 is 0. The molecule has 0 bridgehead atoms. The smallest absolute Gasteiger partial charge is 0.153 e. The van der Waals surface area contributed by atoms with E-state index in [-0.39, 0.29) is 0 Å². The number of nitrogens with zero attached hydrogens (tertiary/aromatic N) is 3. The molecule has 0 saturated carbocycles. The molecule has 4 nitrogen and oxygen atoms in total. The van der Waals surface area contributed by atoms with Crippen LogP contribution < -0.4 is 5.73 Å². The van der Waals surface area contributed by atoms with E-state index < -0.39 is 0 Å². The number of likely N-dealkylation sites (tertiary alicyclic amines) is 1. The Morgan fingerprint density at radius 2 is 2.19 bits per heavy atom. The second-order valence-electron chi connectivity index (χ2n) is 4.28. The summed E-state index contributed by atoms with van der Waals surface area (Å²) in [6.45, 7) is 5.04. The molecule has 0 aliphatic carbocycles. The Balaban J connectivity index is 1.97. The lowest BCUT2D eigenvalue weighted by Crippen LogP contribution is -2.31. The minimum absolute atomic E-state index is 0.651. The third kappa shape index (κ3) is 3.03. The quantitative estimate of drug-likeness (QED) is 0.617. The van der Waals surface area contributed by atoms with E-state index in [0.29, 0.717) is 11.7 Å². The van der Waals surface area contributed by atoms with Crippen molar-refractivity contribution in [1.82, 2.24) is 9.88 Å². The van der Waals surface area contributed by atoms with Gasteiger partial charge in [0.2, 0.25) is 0 Å². The van der Waals surface area contributed by atoms with Gasteiger partial charge in [-0.05, 0) is 44.5 Å². The summed E-state index contributed by atoms with van der Waals surface area (Å²) in [5.74, 6) is 1.35. The largest absolute Gasteiger partial charge is 0.386 e. The first kappa shape index (κ1) is 11.1. The van der Waals surface area contributed by atoms with Gasteiger partial charge in [-0.2, -0.15) is 0 Å². The monoisotopic (exact) mass is 218 g/mol. The zero-order valence-electron chi connectivity index (χ0n) is 9.69. The third-order valence-corrected chi connectivity index (χ3v) is 2.74. The number of hydrogen-bond acceptors (Lipinski definition) is 3. The van der Waals surface area contributed by atoms with Gasteiger partial charge in [0.25, 0.3) is 0 Å². The van der Waals surface area contributed by atoms with Crippen molar-refractivity contribution in [3.05, 3.63) is 23.9 Å². The van der Waals surface area contributed by atoms with Gasteiger partial charge in [-0.3, -0.25) is 4.90 Å². The maximum absolute atomic E-state index is 5.89. The highest BCUT2D eigenvalue weighted by Crippen LogP contribution is 2.09. The van der Waals surface area contributed by atoms with Gasteiger partial charge in [0.05, 0.1) is 6.54 Å². The van der Waals surface area contributed by atoms with Crippen molar-refractivity contribution in [2.75, 3.05) is 19.6 Å². The molecule has 1 fully saturated rings. The van der Waals surface area contributed by atoms with Crippen LogP contribution in [0.15, 0.2) is 23.3 Å². The number of rotatable bonds is 3. The molecule has 1 saturated heterocycles. The highest BCUT2D eigenvalue weighted by molar-refractivity contribution is 5.84. The Hall–Kier alpha value is -1.42. The maximum atomic E-state index is 5.89. The first-order valence-corrected chi connectivity index (χ1v) is 5.72. The van der Waals surface area contributed by atoms with Crippen LogP contribution in [0, 0.1) is 6.92 Å². The number of aryl methyl sites for hydroxylation is 1. The number of aliphatic imine (C=N–C) groups is 1. The highest BCUT2D eigenvalue weighted by Gasteiger charge is 2.12. The van der Waals surface area contributed by atoms with Crippen molar-refractivity contribution in [3.8, 4) is 0 Å². The molecule has 16 heavy (non-hydrogen) atoms. The van der Waals surface area contributed by atoms with Crippen LogP contribution in [0.2, 0.25) is 0 Å². The highest BCUT2D eigenvalue weighted by atomic mass is 15.2. The maximum Gasteiger partial charge on any atom is 0.153 e. The van der Waals surface area contributed by atoms with Crippen molar-refractivity contribution in [1.29, 1.82) is 0 Å². The topological polar surface area (TPSA) is 54.5 Å². The van der Waals surface area contributed by atoms with Gasteiger partial charge in [-0.15, -0.1) is 0 Å². The normalized spacial score (nSPS) is 17.9. The standard InChI is InChI=1S/C12H18N4/c1-10-4-5-12(14-8-10)15-11(13)9-16-6-2-3-7-16/h4-5,8H,2-3,6-7,9H2,1H3,(H2,13,14,15). The summed E-state index contributed by atoms with van der Waals surface area (Å²) in [6.07, 6.45) is 4.36. The lowest BCUT2D eigenvalue weighted by atomic mass is 10.3. The van der Waals surface area contributed by atoms with Crippen LogP contribution in [0.5, 0.6) is 0 Å². The predicted octanol–water partition coefficient (Wildman–Crippen LogP) is 1.47. The van der Waals surface area contributed by atoms with Crippen molar-refractivity contribution in [2.45, 2.75) is 19.8 Å². The van der Waals surface area contributed by atoms with Gasteiger partial charge in [0, 0.05) is 6.20 Å². The second kappa shape index (κ2) is 5.07. The average Bonchev–Trinajstić information content (AvgIpc) is 2.74. The van der Waals surface area contributed by atoms with Gasteiger partial charge in [-0.25, -0.2) is 9.98 Å². The van der Waals surface area contributed by atoms with Crippen LogP contribution >= 0.6 is 0 Å². The zero-order chi connectivity index (χ0) is 11.4. The summed E-state index contributed by atoms with van der Waals surface area (Å²) in [4.78, 5) is 10.8. The van der Waals surface area contributed by atoms with Crippen LogP contribution in [0.3, 0.4) is 0 Å². The Labute approximate surface area is 96.2 Å². The SMILES string of the molecule is Cc1ccc(N=C(N)CN2CCCC2)nc1. The van der Waals surface area contributed by atoms with E-state index in [2.05, 4.69) is 14.9 Å². The van der Waals surface area contributed by atoms with Crippen LogP contribution in [0.4, 0.5) is 5.82 Å². The number of hydrogen-bond donors (Lipinski definition) is 1. The van der Waals surface area contributed by atoms with E-state index in [1.807, 2.05) is 25.3 Å². The predicted molar refractivity (Wildman–Crippen MR) is 65.9 cm³/mol. The molecule has 1 aromatic heterocycles. The lowest BCUT2D eigenvalue weighted by molar-refractivity contribution is 0.387. The number of pyridine rings is 1. The molecule has 0 amide bonds. The third-order valence-electron chi connectivity index (χ3n) is 2.74. The van der Waals surface area contributed by atoms with Crippen molar-refractivity contribution >= 4 is 11.7 Å². The van der Waals surface area contributed by atoms with Crippen LogP contribution in [0.1, 0.15) is 18.4 Å². The molecule has 0 aromatic carbocycles. The molecule has 0 radical (unpaired) electrons. The van der Waals surface area contributed by atoms with E-state index in [4.69, 9.17) is 5.73 Å². The molecule has 2 rings (SSSR count).